The van der Waals surface area contributed by atoms with E-state index in [0.717, 1.165) is 38.3 Å². The lowest BCUT2D eigenvalue weighted by atomic mass is 10.0. The van der Waals surface area contributed by atoms with Crippen LogP contribution >= 0.6 is 0 Å². The summed E-state index contributed by atoms with van der Waals surface area (Å²) in [5.41, 5.74) is 1.31. The molecule has 3 unspecified atom stereocenters. The number of nitrogens with zero attached hydrogens (tertiary/aromatic N) is 3. The molecule has 1 saturated heterocycles. The monoisotopic (exact) mass is 355 g/mol. The molecule has 2 aliphatic rings. The molecule has 26 heavy (non-hydrogen) atoms. The van der Waals surface area contributed by atoms with Crippen molar-refractivity contribution in [3.8, 4) is 11.8 Å². The smallest absolute Gasteiger partial charge is 0.316 e. The Kier molecular flexibility index (Phi) is 5.32. The highest BCUT2D eigenvalue weighted by molar-refractivity contribution is 5.27. The fourth-order valence-corrected chi connectivity index (χ4v) is 4.02. The predicted octanol–water partition coefficient (Wildman–Crippen LogP) is 2.54. The molecule has 6 nitrogen and oxygen atoms in total. The van der Waals surface area contributed by atoms with Gasteiger partial charge in [0.2, 0.25) is 0 Å². The Balaban J connectivity index is 1.36. The molecule has 6 heteroatoms. The molecule has 138 valence electrons. The van der Waals surface area contributed by atoms with Gasteiger partial charge >= 0.3 is 6.01 Å². The minimum absolute atomic E-state index is 0.228. The summed E-state index contributed by atoms with van der Waals surface area (Å²) in [6.07, 6.45) is 5.89. The van der Waals surface area contributed by atoms with Gasteiger partial charge in [-0.1, -0.05) is 12.1 Å². The van der Waals surface area contributed by atoms with Crippen molar-refractivity contribution in [1.29, 1.82) is 0 Å². The lowest BCUT2D eigenvalue weighted by Crippen LogP contribution is -2.50. The van der Waals surface area contributed by atoms with E-state index in [4.69, 9.17) is 14.2 Å². The van der Waals surface area contributed by atoms with Gasteiger partial charge in [-0.25, -0.2) is 9.97 Å². The summed E-state index contributed by atoms with van der Waals surface area (Å²) in [6.45, 7) is 3.31. The topological polar surface area (TPSA) is 56.7 Å². The second-order valence-electron chi connectivity index (χ2n) is 6.90. The lowest BCUT2D eigenvalue weighted by molar-refractivity contribution is -0.0819. The van der Waals surface area contributed by atoms with Gasteiger partial charge in [0.1, 0.15) is 5.75 Å². The normalized spacial score (nSPS) is 25.7. The van der Waals surface area contributed by atoms with Gasteiger partial charge in [-0.2, -0.15) is 0 Å². The van der Waals surface area contributed by atoms with Crippen molar-refractivity contribution in [3.05, 3.63) is 48.3 Å². The summed E-state index contributed by atoms with van der Waals surface area (Å²) in [5, 5.41) is 0. The summed E-state index contributed by atoms with van der Waals surface area (Å²) >= 11 is 0. The van der Waals surface area contributed by atoms with Crippen molar-refractivity contribution >= 4 is 0 Å². The molecule has 2 fully saturated rings. The van der Waals surface area contributed by atoms with Gasteiger partial charge in [0.25, 0.3) is 0 Å². The molecule has 0 bridgehead atoms. The van der Waals surface area contributed by atoms with Gasteiger partial charge in [-0.15, -0.1) is 0 Å². The van der Waals surface area contributed by atoms with Crippen LogP contribution in [0.5, 0.6) is 11.8 Å². The first-order valence-corrected chi connectivity index (χ1v) is 9.22. The van der Waals surface area contributed by atoms with Crippen LogP contribution in [0.15, 0.2) is 42.7 Å². The molecule has 2 heterocycles. The molecule has 1 aromatic carbocycles. The van der Waals surface area contributed by atoms with E-state index in [0.29, 0.717) is 24.6 Å². The molecular formula is C20H25N3O3. The van der Waals surface area contributed by atoms with E-state index in [-0.39, 0.29) is 6.10 Å². The fourth-order valence-electron chi connectivity index (χ4n) is 4.02. The Hall–Kier alpha value is -2.18. The van der Waals surface area contributed by atoms with E-state index in [9.17, 15) is 0 Å². The molecule has 1 saturated carbocycles. The molecule has 3 atom stereocenters. The van der Waals surface area contributed by atoms with Gasteiger partial charge < -0.3 is 14.2 Å². The number of aromatic nitrogens is 2. The van der Waals surface area contributed by atoms with Crippen molar-refractivity contribution in [3.63, 3.8) is 0 Å². The summed E-state index contributed by atoms with van der Waals surface area (Å²) in [5.74, 6) is 1.29. The number of morpholine rings is 1. The van der Waals surface area contributed by atoms with Gasteiger partial charge in [-0.3, -0.25) is 4.90 Å². The zero-order valence-corrected chi connectivity index (χ0v) is 15.1. The number of hydrogen-bond donors (Lipinski definition) is 0. The first-order chi connectivity index (χ1) is 12.8. The van der Waals surface area contributed by atoms with Crippen LogP contribution in [0.2, 0.25) is 0 Å². The molecule has 0 spiro atoms. The minimum Gasteiger partial charge on any atom is -0.497 e. The lowest BCUT2D eigenvalue weighted by Gasteiger charge is -2.39. The molecular weight excluding hydrogens is 330 g/mol. The first kappa shape index (κ1) is 17.2. The van der Waals surface area contributed by atoms with Gasteiger partial charge in [0.05, 0.1) is 26.4 Å². The Morgan fingerprint density at radius 1 is 1.15 bits per heavy atom. The fraction of sp³-hybridized carbons (Fsp3) is 0.500. The summed E-state index contributed by atoms with van der Waals surface area (Å²) in [7, 11) is 1.70. The number of benzene rings is 1. The van der Waals surface area contributed by atoms with Crippen molar-refractivity contribution in [2.45, 2.75) is 31.5 Å². The summed E-state index contributed by atoms with van der Waals surface area (Å²) < 4.78 is 17.2. The third-order valence-corrected chi connectivity index (χ3v) is 5.35. The molecule has 1 aromatic heterocycles. The second-order valence-corrected chi connectivity index (χ2v) is 6.90. The van der Waals surface area contributed by atoms with Crippen molar-refractivity contribution in [2.75, 3.05) is 26.9 Å². The molecule has 2 aromatic rings. The Morgan fingerprint density at radius 2 is 1.96 bits per heavy atom. The predicted molar refractivity (Wildman–Crippen MR) is 97.2 cm³/mol. The zero-order chi connectivity index (χ0) is 17.8. The Morgan fingerprint density at radius 3 is 2.73 bits per heavy atom. The summed E-state index contributed by atoms with van der Waals surface area (Å²) in [4.78, 5) is 10.8. The summed E-state index contributed by atoms with van der Waals surface area (Å²) in [6, 6.07) is 11.0. The number of methoxy groups -OCH3 is 1. The molecule has 4 rings (SSSR count). The number of ether oxygens (including phenoxy) is 3. The Labute approximate surface area is 154 Å². The standard InChI is InChI=1S/C20H25N3O3/c1-24-17-6-3-15(4-7-17)13-23-11-12-25-19-16(5-8-18(19)23)14-26-20-21-9-2-10-22-20/h2-4,6-7,9-10,16,18-19H,5,8,11-14H2,1H3. The molecule has 1 aliphatic heterocycles. The number of hydrogen-bond acceptors (Lipinski definition) is 6. The highest BCUT2D eigenvalue weighted by Crippen LogP contribution is 2.35. The first-order valence-electron chi connectivity index (χ1n) is 9.22. The second kappa shape index (κ2) is 8.01. The maximum atomic E-state index is 6.12. The molecule has 0 N–H and O–H groups in total. The van der Waals surface area contributed by atoms with Crippen molar-refractivity contribution < 1.29 is 14.2 Å². The van der Waals surface area contributed by atoms with E-state index in [2.05, 4.69) is 27.0 Å². The Bertz CT molecular complexity index is 695. The average molecular weight is 355 g/mol. The average Bonchev–Trinajstić information content (AvgIpc) is 3.12. The third kappa shape index (κ3) is 3.81. The van der Waals surface area contributed by atoms with Crippen LogP contribution in [0.3, 0.4) is 0 Å². The van der Waals surface area contributed by atoms with E-state index >= 15 is 0 Å². The van der Waals surface area contributed by atoms with Gasteiger partial charge in [0, 0.05) is 37.4 Å². The van der Waals surface area contributed by atoms with Crippen molar-refractivity contribution in [2.24, 2.45) is 5.92 Å². The van der Waals surface area contributed by atoms with E-state index < -0.39 is 0 Å². The van der Waals surface area contributed by atoms with Crippen LogP contribution in [0.4, 0.5) is 0 Å². The van der Waals surface area contributed by atoms with Gasteiger partial charge in [-0.05, 0) is 36.6 Å². The van der Waals surface area contributed by atoms with Crippen LogP contribution in [-0.2, 0) is 11.3 Å². The maximum Gasteiger partial charge on any atom is 0.316 e. The maximum absolute atomic E-state index is 6.12. The van der Waals surface area contributed by atoms with Crippen LogP contribution < -0.4 is 9.47 Å². The van der Waals surface area contributed by atoms with Crippen LogP contribution in [0, 0.1) is 5.92 Å². The minimum atomic E-state index is 0.228. The number of rotatable bonds is 6. The molecule has 0 amide bonds. The zero-order valence-electron chi connectivity index (χ0n) is 15.1. The van der Waals surface area contributed by atoms with E-state index in [1.807, 2.05) is 12.1 Å². The number of fused-ring (bicyclic) bond motifs is 1. The highest BCUT2D eigenvalue weighted by atomic mass is 16.5. The largest absolute Gasteiger partial charge is 0.497 e. The van der Waals surface area contributed by atoms with Crippen LogP contribution in [-0.4, -0.2) is 53.9 Å². The SMILES string of the molecule is COc1ccc(CN2CCOC3C(COc4ncccn4)CCC32)cc1. The van der Waals surface area contributed by atoms with E-state index in [1.165, 1.54) is 5.56 Å². The van der Waals surface area contributed by atoms with Crippen LogP contribution in [0.1, 0.15) is 18.4 Å². The van der Waals surface area contributed by atoms with Crippen molar-refractivity contribution in [1.82, 2.24) is 14.9 Å². The highest BCUT2D eigenvalue weighted by Gasteiger charge is 2.42. The quantitative estimate of drug-likeness (QED) is 0.794. The van der Waals surface area contributed by atoms with Gasteiger partial charge in [0.15, 0.2) is 0 Å². The molecule has 0 radical (unpaired) electrons. The third-order valence-electron chi connectivity index (χ3n) is 5.35. The molecule has 1 aliphatic carbocycles. The van der Waals surface area contributed by atoms with Crippen LogP contribution in [0.25, 0.3) is 0 Å². The van der Waals surface area contributed by atoms with E-state index in [1.54, 1.807) is 25.6 Å².